The number of hydrogen-bond donors (Lipinski definition) is 0. The van der Waals surface area contributed by atoms with Crippen LogP contribution in [-0.4, -0.2) is 69.4 Å². The van der Waals surface area contributed by atoms with Crippen molar-refractivity contribution in [3.8, 4) is 0 Å². The van der Waals surface area contributed by atoms with E-state index in [4.69, 9.17) is 23.7 Å². The summed E-state index contributed by atoms with van der Waals surface area (Å²) in [4.78, 5) is 26.8. The van der Waals surface area contributed by atoms with Crippen molar-refractivity contribution >= 4 is 12.1 Å². The summed E-state index contributed by atoms with van der Waals surface area (Å²) in [6.45, 7) is 8.04. The van der Waals surface area contributed by atoms with Crippen LogP contribution in [0.2, 0.25) is 0 Å². The minimum atomic E-state index is -0.744. The molecule has 8 heteroatoms. The lowest BCUT2D eigenvalue weighted by Crippen LogP contribution is -2.48. The number of hydrogen-bond acceptors (Lipinski definition) is 7. The van der Waals surface area contributed by atoms with Gasteiger partial charge in [0.15, 0.2) is 6.23 Å². The first-order chi connectivity index (χ1) is 14.3. The molecule has 0 aromatic heterocycles. The van der Waals surface area contributed by atoms with E-state index in [1.807, 2.05) is 51.1 Å². The van der Waals surface area contributed by atoms with Gasteiger partial charge in [0, 0.05) is 25.6 Å². The third kappa shape index (κ3) is 7.27. The van der Waals surface area contributed by atoms with E-state index < -0.39 is 29.7 Å². The van der Waals surface area contributed by atoms with Crippen molar-refractivity contribution in [2.24, 2.45) is 5.41 Å². The molecule has 30 heavy (non-hydrogen) atoms. The summed E-state index contributed by atoms with van der Waals surface area (Å²) in [5.41, 5.74) is 0.421. The molecule has 2 atom stereocenters. The first-order valence-corrected chi connectivity index (χ1v) is 10.2. The van der Waals surface area contributed by atoms with Gasteiger partial charge in [-0.25, -0.2) is 9.59 Å². The lowest BCUT2D eigenvalue weighted by Gasteiger charge is -2.33. The first-order valence-electron chi connectivity index (χ1n) is 10.2. The number of methoxy groups -OCH3 is 1. The number of ether oxygens (including phenoxy) is 5. The van der Waals surface area contributed by atoms with Crippen LogP contribution in [0.4, 0.5) is 4.79 Å². The number of carbonyl (C=O) groups excluding carboxylic acids is 2. The Morgan fingerprint density at radius 1 is 1.03 bits per heavy atom. The Morgan fingerprint density at radius 3 is 2.30 bits per heavy atom. The molecule has 168 valence electrons. The average molecular weight is 424 g/mol. The molecule has 0 unspecified atom stereocenters. The molecule has 1 aliphatic rings. The maximum atomic E-state index is 12.9. The molecule has 0 radical (unpaired) electrons. The summed E-state index contributed by atoms with van der Waals surface area (Å²) in [6.07, 6.45) is -0.947. The van der Waals surface area contributed by atoms with Crippen LogP contribution in [0.5, 0.6) is 0 Å². The number of cyclic esters (lactones) is 1. The summed E-state index contributed by atoms with van der Waals surface area (Å²) in [6, 6.07) is 8.66. The third-order valence-electron chi connectivity index (χ3n) is 4.58. The normalized spacial score (nSPS) is 19.1. The van der Waals surface area contributed by atoms with Gasteiger partial charge in [0.25, 0.3) is 0 Å². The Kier molecular flexibility index (Phi) is 9.55. The largest absolute Gasteiger partial charge is 0.444 e. The van der Waals surface area contributed by atoms with Crippen molar-refractivity contribution in [1.82, 2.24) is 4.90 Å². The summed E-state index contributed by atoms with van der Waals surface area (Å²) >= 11 is 0. The van der Waals surface area contributed by atoms with E-state index in [9.17, 15) is 9.59 Å². The first kappa shape index (κ1) is 24.1. The smallest absolute Gasteiger partial charge is 0.413 e. The fourth-order valence-corrected chi connectivity index (χ4v) is 3.05. The Labute approximate surface area is 178 Å². The Balaban J connectivity index is 1.91. The second-order valence-corrected chi connectivity index (χ2v) is 8.12. The number of amides is 1. The molecule has 1 aliphatic heterocycles. The number of carbonyl (C=O) groups is 2. The van der Waals surface area contributed by atoms with Crippen LogP contribution in [0.25, 0.3) is 0 Å². The fraction of sp³-hybridized carbons (Fsp3) is 0.636. The van der Waals surface area contributed by atoms with Crippen LogP contribution in [0.3, 0.4) is 0 Å². The van der Waals surface area contributed by atoms with Gasteiger partial charge >= 0.3 is 12.1 Å². The highest BCUT2D eigenvalue weighted by molar-refractivity contribution is 5.84. The monoisotopic (exact) mass is 423 g/mol. The molecule has 0 N–H and O–H groups in total. The maximum Gasteiger partial charge on any atom is 0.413 e. The van der Waals surface area contributed by atoms with Crippen LogP contribution in [0.15, 0.2) is 30.3 Å². The van der Waals surface area contributed by atoms with Crippen LogP contribution in [0.1, 0.15) is 32.8 Å². The zero-order chi connectivity index (χ0) is 22.0. The minimum Gasteiger partial charge on any atom is -0.444 e. The van der Waals surface area contributed by atoms with Gasteiger partial charge < -0.3 is 23.7 Å². The second kappa shape index (κ2) is 11.9. The van der Waals surface area contributed by atoms with Gasteiger partial charge in [-0.05, 0) is 5.56 Å². The van der Waals surface area contributed by atoms with Gasteiger partial charge in [0.05, 0.1) is 26.4 Å². The van der Waals surface area contributed by atoms with Crippen LogP contribution in [0, 0.1) is 5.41 Å². The van der Waals surface area contributed by atoms with E-state index in [0.29, 0.717) is 39.5 Å². The predicted molar refractivity (Wildman–Crippen MR) is 110 cm³/mol. The molecule has 1 aromatic rings. The molecule has 8 nitrogen and oxygen atoms in total. The zero-order valence-corrected chi connectivity index (χ0v) is 18.3. The fourth-order valence-electron chi connectivity index (χ4n) is 3.05. The molecular formula is C22H33NO7. The van der Waals surface area contributed by atoms with E-state index in [0.717, 1.165) is 5.56 Å². The quantitative estimate of drug-likeness (QED) is 0.400. The summed E-state index contributed by atoms with van der Waals surface area (Å²) in [5, 5.41) is 0. The molecule has 1 aromatic carbocycles. The molecule has 2 rings (SSSR count). The molecule has 0 saturated carbocycles. The molecule has 1 saturated heterocycles. The summed E-state index contributed by atoms with van der Waals surface area (Å²) in [7, 11) is 1.61. The van der Waals surface area contributed by atoms with Gasteiger partial charge in [0.1, 0.15) is 12.6 Å². The molecule has 0 aliphatic carbocycles. The zero-order valence-electron chi connectivity index (χ0n) is 18.3. The molecule has 1 fully saturated rings. The SMILES string of the molecule is COCCOCCOCC[C@H]1C(=O)O[C@@H](C(C)(C)C)N1C(=O)OCc1ccccc1. The molecule has 0 spiro atoms. The molecule has 0 bridgehead atoms. The number of nitrogens with zero attached hydrogens (tertiary/aromatic N) is 1. The van der Waals surface area contributed by atoms with E-state index in [1.54, 1.807) is 7.11 Å². The lowest BCUT2D eigenvalue weighted by molar-refractivity contribution is -0.147. The van der Waals surface area contributed by atoms with Gasteiger partial charge in [-0.15, -0.1) is 0 Å². The van der Waals surface area contributed by atoms with Crippen molar-refractivity contribution < 1.29 is 33.3 Å². The summed E-state index contributed by atoms with van der Waals surface area (Å²) < 4.78 is 26.8. The van der Waals surface area contributed by atoms with E-state index >= 15 is 0 Å². The highest BCUT2D eigenvalue weighted by atomic mass is 16.6. The predicted octanol–water partition coefficient (Wildman–Crippen LogP) is 2.99. The topological polar surface area (TPSA) is 83.5 Å². The van der Waals surface area contributed by atoms with Crippen LogP contribution < -0.4 is 0 Å². The number of esters is 1. The van der Waals surface area contributed by atoms with Crippen LogP contribution >= 0.6 is 0 Å². The molecule has 1 amide bonds. The van der Waals surface area contributed by atoms with Gasteiger partial charge in [-0.1, -0.05) is 51.1 Å². The molecule has 1 heterocycles. The highest BCUT2D eigenvalue weighted by Crippen LogP contribution is 2.34. The van der Waals surface area contributed by atoms with E-state index in [1.165, 1.54) is 4.90 Å². The maximum absolute atomic E-state index is 12.9. The summed E-state index contributed by atoms with van der Waals surface area (Å²) in [5.74, 6) is -0.438. The average Bonchev–Trinajstić information content (AvgIpc) is 3.06. The Hall–Kier alpha value is -2.16. The van der Waals surface area contributed by atoms with Gasteiger partial charge in [-0.3, -0.25) is 4.90 Å². The second-order valence-electron chi connectivity index (χ2n) is 8.12. The minimum absolute atomic E-state index is 0.128. The van der Waals surface area contributed by atoms with Crippen molar-refractivity contribution in [3.63, 3.8) is 0 Å². The van der Waals surface area contributed by atoms with Gasteiger partial charge in [-0.2, -0.15) is 0 Å². The highest BCUT2D eigenvalue weighted by Gasteiger charge is 2.50. The lowest BCUT2D eigenvalue weighted by atomic mass is 9.93. The number of benzene rings is 1. The van der Waals surface area contributed by atoms with Crippen molar-refractivity contribution in [3.05, 3.63) is 35.9 Å². The molecular weight excluding hydrogens is 390 g/mol. The van der Waals surface area contributed by atoms with Crippen LogP contribution in [-0.2, 0) is 35.1 Å². The van der Waals surface area contributed by atoms with Gasteiger partial charge in [0.2, 0.25) is 0 Å². The standard InChI is InChI=1S/C22H33NO7/c1-22(2,3)20-23(21(25)29-16-17-8-6-5-7-9-17)18(19(24)30-20)10-11-27-14-15-28-13-12-26-4/h5-9,18,20H,10-16H2,1-4H3/t18-,20-/m0/s1. The Bertz CT molecular complexity index is 659. The third-order valence-corrected chi connectivity index (χ3v) is 4.58. The van der Waals surface area contributed by atoms with Crippen molar-refractivity contribution in [2.75, 3.05) is 40.1 Å². The van der Waals surface area contributed by atoms with Crippen molar-refractivity contribution in [1.29, 1.82) is 0 Å². The van der Waals surface area contributed by atoms with E-state index in [-0.39, 0.29) is 6.61 Å². The Morgan fingerprint density at radius 2 is 1.67 bits per heavy atom. The van der Waals surface area contributed by atoms with Crippen molar-refractivity contribution in [2.45, 2.75) is 46.1 Å². The number of rotatable bonds is 11. The van der Waals surface area contributed by atoms with E-state index in [2.05, 4.69) is 0 Å².